The number of ether oxygens (including phenoxy) is 3. The molecule has 0 saturated heterocycles. The molecular weight excluding hydrogens is 348 g/mol. The van der Waals surface area contributed by atoms with Crippen molar-refractivity contribution in [2.24, 2.45) is 4.99 Å². The van der Waals surface area contributed by atoms with Crippen LogP contribution in [-0.2, 0) is 0 Å². The molecule has 0 bridgehead atoms. The van der Waals surface area contributed by atoms with E-state index in [0.29, 0.717) is 28.6 Å². The van der Waals surface area contributed by atoms with Crippen LogP contribution in [0.3, 0.4) is 0 Å². The van der Waals surface area contributed by atoms with E-state index in [1.807, 2.05) is 0 Å². The van der Waals surface area contributed by atoms with Gasteiger partial charge in [-0.05, 0) is 25.0 Å². The number of nitrogens with zero attached hydrogens (tertiary/aromatic N) is 3. The molecule has 27 heavy (non-hydrogen) atoms. The number of rotatable bonds is 6. The van der Waals surface area contributed by atoms with Crippen molar-refractivity contribution in [3.8, 4) is 17.2 Å². The number of anilines is 1. The number of aromatic nitrogens is 2. The van der Waals surface area contributed by atoms with Crippen LogP contribution in [0.15, 0.2) is 29.4 Å². The maximum atomic E-state index is 13.3. The molecule has 8 heteroatoms. The van der Waals surface area contributed by atoms with Crippen molar-refractivity contribution in [1.82, 2.24) is 9.78 Å². The van der Waals surface area contributed by atoms with Crippen LogP contribution in [0.4, 0.5) is 5.82 Å². The van der Waals surface area contributed by atoms with Crippen LogP contribution < -0.4 is 19.9 Å². The number of ketones is 1. The largest absolute Gasteiger partial charge is 0.493 e. The molecule has 1 aromatic heterocycles. The van der Waals surface area contributed by atoms with Gasteiger partial charge in [-0.25, -0.2) is 0 Å². The summed E-state index contributed by atoms with van der Waals surface area (Å²) in [5.41, 5.74) is 6.34. The lowest BCUT2D eigenvalue weighted by atomic mass is 10.1. The fourth-order valence-corrected chi connectivity index (χ4v) is 3.25. The molecule has 1 aliphatic carbocycles. The number of benzene rings is 1. The highest BCUT2D eigenvalue weighted by Crippen LogP contribution is 2.38. The number of aliphatic imine (C=N–C) groups is 1. The molecule has 1 aromatic carbocycles. The van der Waals surface area contributed by atoms with Crippen molar-refractivity contribution in [3.05, 3.63) is 30.0 Å². The SMILES string of the molecule is COc1cc(C(=O)C(=NC2CCCC2)n2nccc2N)cc(OC)c1OC. The van der Waals surface area contributed by atoms with Crippen LogP contribution in [0.1, 0.15) is 36.0 Å². The third-order valence-electron chi connectivity index (χ3n) is 4.63. The molecule has 3 rings (SSSR count). The number of nitrogens with two attached hydrogens (primary N) is 1. The first-order chi connectivity index (χ1) is 13.1. The molecular formula is C19H24N4O4. The van der Waals surface area contributed by atoms with Gasteiger partial charge < -0.3 is 19.9 Å². The first-order valence-corrected chi connectivity index (χ1v) is 8.81. The highest BCUT2D eigenvalue weighted by molar-refractivity contribution is 6.46. The Morgan fingerprint density at radius 2 is 1.78 bits per heavy atom. The Morgan fingerprint density at radius 3 is 2.26 bits per heavy atom. The van der Waals surface area contributed by atoms with Crippen molar-refractivity contribution in [2.75, 3.05) is 27.1 Å². The molecule has 2 aromatic rings. The summed E-state index contributed by atoms with van der Waals surface area (Å²) in [6.45, 7) is 0. The summed E-state index contributed by atoms with van der Waals surface area (Å²) in [6.07, 6.45) is 5.66. The minimum Gasteiger partial charge on any atom is -0.493 e. The van der Waals surface area contributed by atoms with E-state index in [0.717, 1.165) is 25.7 Å². The summed E-state index contributed by atoms with van der Waals surface area (Å²) in [5.74, 6) is 1.45. The average Bonchev–Trinajstić information content (AvgIpc) is 3.35. The van der Waals surface area contributed by atoms with Gasteiger partial charge in [-0.2, -0.15) is 9.78 Å². The lowest BCUT2D eigenvalue weighted by Gasteiger charge is -2.15. The number of hydrogen-bond acceptors (Lipinski definition) is 7. The van der Waals surface area contributed by atoms with Crippen molar-refractivity contribution in [1.29, 1.82) is 0 Å². The van der Waals surface area contributed by atoms with Crippen molar-refractivity contribution < 1.29 is 19.0 Å². The van der Waals surface area contributed by atoms with Crippen LogP contribution in [0.25, 0.3) is 0 Å². The molecule has 144 valence electrons. The van der Waals surface area contributed by atoms with Crippen LogP contribution in [0, 0.1) is 0 Å². The Morgan fingerprint density at radius 1 is 1.15 bits per heavy atom. The predicted molar refractivity (Wildman–Crippen MR) is 102 cm³/mol. The van der Waals surface area contributed by atoms with Crippen molar-refractivity contribution in [2.45, 2.75) is 31.7 Å². The Hall–Kier alpha value is -3.03. The molecule has 0 aliphatic heterocycles. The van der Waals surface area contributed by atoms with Crippen LogP contribution in [0.2, 0.25) is 0 Å². The molecule has 0 unspecified atom stereocenters. The number of methoxy groups -OCH3 is 3. The first-order valence-electron chi connectivity index (χ1n) is 8.81. The monoisotopic (exact) mass is 372 g/mol. The number of carbonyl (C=O) groups is 1. The van der Waals surface area contributed by atoms with Gasteiger partial charge in [0.1, 0.15) is 5.82 Å². The van der Waals surface area contributed by atoms with Gasteiger partial charge in [0.2, 0.25) is 11.5 Å². The van der Waals surface area contributed by atoms with Crippen molar-refractivity contribution >= 4 is 17.4 Å². The van der Waals surface area contributed by atoms with E-state index in [4.69, 9.17) is 19.9 Å². The smallest absolute Gasteiger partial charge is 0.230 e. The highest BCUT2D eigenvalue weighted by Gasteiger charge is 2.25. The zero-order valence-electron chi connectivity index (χ0n) is 15.8. The number of nitrogen functional groups attached to an aromatic ring is 1. The Kier molecular flexibility index (Phi) is 5.63. The zero-order chi connectivity index (χ0) is 19.4. The summed E-state index contributed by atoms with van der Waals surface area (Å²) in [4.78, 5) is 18.0. The van der Waals surface area contributed by atoms with E-state index >= 15 is 0 Å². The molecule has 1 fully saturated rings. The maximum absolute atomic E-state index is 13.3. The lowest BCUT2D eigenvalue weighted by molar-refractivity contribution is 0.106. The van der Waals surface area contributed by atoms with Crippen LogP contribution in [0.5, 0.6) is 17.2 Å². The quantitative estimate of drug-likeness (QED) is 0.475. The Balaban J connectivity index is 2.08. The second-order valence-corrected chi connectivity index (χ2v) is 6.30. The molecule has 0 amide bonds. The van der Waals surface area contributed by atoms with E-state index < -0.39 is 0 Å². The fourth-order valence-electron chi connectivity index (χ4n) is 3.25. The average molecular weight is 372 g/mol. The second-order valence-electron chi connectivity index (χ2n) is 6.30. The van der Waals surface area contributed by atoms with Gasteiger partial charge in [-0.1, -0.05) is 12.8 Å². The van der Waals surface area contributed by atoms with Crippen LogP contribution in [-0.4, -0.2) is 48.8 Å². The summed E-state index contributed by atoms with van der Waals surface area (Å²) in [7, 11) is 4.52. The van der Waals surface area contributed by atoms with E-state index in [2.05, 4.69) is 10.1 Å². The molecule has 1 saturated carbocycles. The van der Waals surface area contributed by atoms with Crippen molar-refractivity contribution in [3.63, 3.8) is 0 Å². The first kappa shape index (κ1) is 18.8. The fraction of sp³-hybridized carbons (Fsp3) is 0.421. The minimum absolute atomic E-state index is 0.0922. The second kappa shape index (κ2) is 8.11. The Labute approximate surface area is 157 Å². The third-order valence-corrected chi connectivity index (χ3v) is 4.63. The molecule has 1 aliphatic rings. The van der Waals surface area contributed by atoms with E-state index in [1.165, 1.54) is 26.0 Å². The summed E-state index contributed by atoms with van der Waals surface area (Å²) in [5, 5.41) is 4.18. The van der Waals surface area contributed by atoms with Gasteiger partial charge in [-0.15, -0.1) is 0 Å². The predicted octanol–water partition coefficient (Wildman–Crippen LogP) is 2.56. The molecule has 0 atom stereocenters. The molecule has 0 radical (unpaired) electrons. The molecule has 2 N–H and O–H groups in total. The summed E-state index contributed by atoms with van der Waals surface area (Å²) in [6, 6.07) is 4.93. The topological polar surface area (TPSA) is 101 Å². The van der Waals surface area contributed by atoms with E-state index in [9.17, 15) is 4.79 Å². The van der Waals surface area contributed by atoms with Gasteiger partial charge in [0.05, 0.1) is 33.6 Å². The van der Waals surface area contributed by atoms with Crippen LogP contribution >= 0.6 is 0 Å². The molecule has 1 heterocycles. The molecule has 0 spiro atoms. The normalized spacial score (nSPS) is 15.0. The molecule has 8 nitrogen and oxygen atoms in total. The summed E-state index contributed by atoms with van der Waals surface area (Å²) < 4.78 is 17.4. The standard InChI is InChI=1S/C19H24N4O4/c1-25-14-10-12(11-15(26-2)18(14)27-3)17(24)19(22-13-6-4-5-7-13)23-16(20)8-9-21-23/h8-11,13H,4-7,20H2,1-3H3. The van der Waals surface area contributed by atoms with Gasteiger partial charge in [-0.3, -0.25) is 9.79 Å². The van der Waals surface area contributed by atoms with E-state index in [-0.39, 0.29) is 17.7 Å². The van der Waals surface area contributed by atoms with E-state index in [1.54, 1.807) is 24.4 Å². The number of hydrogen-bond donors (Lipinski definition) is 1. The zero-order valence-corrected chi connectivity index (χ0v) is 15.8. The Bertz CT molecular complexity index is 828. The minimum atomic E-state index is -0.309. The van der Waals surface area contributed by atoms with Gasteiger partial charge >= 0.3 is 0 Å². The maximum Gasteiger partial charge on any atom is 0.230 e. The number of Topliss-reactive ketones (excluding diaryl/α,β-unsaturated/α-hetero) is 1. The van der Waals surface area contributed by atoms with Gasteiger partial charge in [0, 0.05) is 11.6 Å². The lowest BCUT2D eigenvalue weighted by Crippen LogP contribution is -2.27. The van der Waals surface area contributed by atoms with Gasteiger partial charge in [0.25, 0.3) is 0 Å². The highest BCUT2D eigenvalue weighted by atomic mass is 16.5. The third kappa shape index (κ3) is 3.74. The summed E-state index contributed by atoms with van der Waals surface area (Å²) >= 11 is 0. The number of carbonyl (C=O) groups excluding carboxylic acids is 1. The van der Waals surface area contributed by atoms with Gasteiger partial charge in [0.15, 0.2) is 17.3 Å².